The van der Waals surface area contributed by atoms with Crippen LogP contribution in [-0.4, -0.2) is 20.8 Å². The van der Waals surface area contributed by atoms with Crippen molar-refractivity contribution in [3.8, 4) is 5.69 Å². The molecule has 0 aliphatic heterocycles. The van der Waals surface area contributed by atoms with E-state index in [0.717, 1.165) is 16.8 Å². The van der Waals surface area contributed by atoms with E-state index < -0.39 is 5.60 Å². The Morgan fingerprint density at radius 1 is 1.15 bits per heavy atom. The third kappa shape index (κ3) is 4.00. The van der Waals surface area contributed by atoms with Crippen LogP contribution in [0.5, 0.6) is 0 Å². The van der Waals surface area contributed by atoms with E-state index >= 15 is 0 Å². The fraction of sp³-hybridized carbons (Fsp3) is 0.238. The largest absolute Gasteiger partial charge is 0.385 e. The number of carbonyl (C=O) groups is 1. The highest BCUT2D eigenvalue weighted by Crippen LogP contribution is 2.25. The number of carbonyl (C=O) groups excluding carboxylic acids is 1. The van der Waals surface area contributed by atoms with Crippen molar-refractivity contribution in [1.82, 2.24) is 15.1 Å². The number of para-hydroxylation sites is 1. The molecule has 2 atom stereocenters. The van der Waals surface area contributed by atoms with Gasteiger partial charge in [0, 0.05) is 12.4 Å². The summed E-state index contributed by atoms with van der Waals surface area (Å²) in [7, 11) is 0. The Bertz CT molecular complexity index is 858. The first-order chi connectivity index (χ1) is 12.5. The number of aromatic nitrogens is 2. The van der Waals surface area contributed by atoms with Crippen molar-refractivity contribution in [2.75, 3.05) is 0 Å². The number of nitrogens with zero attached hydrogens (tertiary/aromatic N) is 2. The fourth-order valence-corrected chi connectivity index (χ4v) is 3.06. The molecule has 2 N–H and O–H groups in total. The molecule has 0 radical (unpaired) electrons. The van der Waals surface area contributed by atoms with Crippen LogP contribution < -0.4 is 5.32 Å². The summed E-state index contributed by atoms with van der Waals surface area (Å²) in [5.74, 6) is -0.207. The number of benzene rings is 2. The summed E-state index contributed by atoms with van der Waals surface area (Å²) in [6, 6.07) is 18.7. The third-order valence-electron chi connectivity index (χ3n) is 4.43. The van der Waals surface area contributed by atoms with Crippen molar-refractivity contribution in [2.45, 2.75) is 31.9 Å². The van der Waals surface area contributed by atoms with Gasteiger partial charge in [0.1, 0.15) is 0 Å². The van der Waals surface area contributed by atoms with Gasteiger partial charge in [-0.1, -0.05) is 48.5 Å². The molecule has 0 unspecified atom stereocenters. The highest BCUT2D eigenvalue weighted by Gasteiger charge is 2.27. The van der Waals surface area contributed by atoms with Crippen LogP contribution in [0.4, 0.5) is 0 Å². The number of aliphatic hydroxyl groups is 1. The summed E-state index contributed by atoms with van der Waals surface area (Å²) in [4.78, 5) is 12.5. The first-order valence-corrected chi connectivity index (χ1v) is 8.63. The lowest BCUT2D eigenvalue weighted by molar-refractivity contribution is -0.126. The average molecular weight is 349 g/mol. The number of rotatable bonds is 6. The standard InChI is InChI=1S/C21H23N3O2/c1-16(18-11-6-7-12-19(18)24-14-8-13-22-24)23-20(25)15-21(2,26)17-9-4-3-5-10-17/h3-14,16,26H,15H2,1-2H3,(H,23,25)/t16-,21+/m0/s1. The van der Waals surface area contributed by atoms with Crippen LogP contribution in [0.15, 0.2) is 73.1 Å². The Hall–Kier alpha value is -2.92. The zero-order valence-corrected chi connectivity index (χ0v) is 15.0. The number of hydrogen-bond acceptors (Lipinski definition) is 3. The smallest absolute Gasteiger partial charge is 0.223 e. The normalized spacial score (nSPS) is 14.4. The van der Waals surface area contributed by atoms with Gasteiger partial charge < -0.3 is 10.4 Å². The molecule has 0 saturated carbocycles. The monoisotopic (exact) mass is 349 g/mol. The van der Waals surface area contributed by atoms with Gasteiger partial charge in [0.15, 0.2) is 0 Å². The topological polar surface area (TPSA) is 67.2 Å². The Morgan fingerprint density at radius 3 is 2.54 bits per heavy atom. The molecule has 3 rings (SSSR count). The Balaban J connectivity index is 1.73. The van der Waals surface area contributed by atoms with Crippen molar-refractivity contribution in [3.63, 3.8) is 0 Å². The average Bonchev–Trinajstić information content (AvgIpc) is 3.16. The number of nitrogens with one attached hydrogen (secondary N) is 1. The van der Waals surface area contributed by atoms with E-state index in [1.165, 1.54) is 0 Å². The minimum absolute atomic E-state index is 0.00864. The minimum atomic E-state index is -1.22. The summed E-state index contributed by atoms with van der Waals surface area (Å²) < 4.78 is 1.78. The van der Waals surface area contributed by atoms with Gasteiger partial charge in [0.2, 0.25) is 5.91 Å². The molecule has 0 aliphatic carbocycles. The summed E-state index contributed by atoms with van der Waals surface area (Å²) in [5, 5.41) is 17.9. The lowest BCUT2D eigenvalue weighted by atomic mass is 9.92. The van der Waals surface area contributed by atoms with E-state index in [0.29, 0.717) is 0 Å². The lowest BCUT2D eigenvalue weighted by Crippen LogP contribution is -2.34. The second-order valence-electron chi connectivity index (χ2n) is 6.62. The predicted octanol–water partition coefficient (Wildman–Crippen LogP) is 3.35. The van der Waals surface area contributed by atoms with Crippen molar-refractivity contribution in [2.24, 2.45) is 0 Å². The van der Waals surface area contributed by atoms with E-state index in [1.807, 2.05) is 73.8 Å². The van der Waals surface area contributed by atoms with Gasteiger partial charge in [-0.05, 0) is 37.1 Å². The number of amides is 1. The van der Waals surface area contributed by atoms with Crippen molar-refractivity contribution >= 4 is 5.91 Å². The summed E-state index contributed by atoms with van der Waals surface area (Å²) in [6.07, 6.45) is 3.58. The molecule has 0 bridgehead atoms. The molecule has 1 heterocycles. The van der Waals surface area contributed by atoms with Crippen LogP contribution in [0.1, 0.15) is 37.4 Å². The maximum absolute atomic E-state index is 12.5. The number of hydrogen-bond donors (Lipinski definition) is 2. The molecule has 3 aromatic rings. The minimum Gasteiger partial charge on any atom is -0.385 e. The van der Waals surface area contributed by atoms with E-state index in [1.54, 1.807) is 17.8 Å². The van der Waals surface area contributed by atoms with Crippen LogP contribution in [0, 0.1) is 0 Å². The first-order valence-electron chi connectivity index (χ1n) is 8.63. The van der Waals surface area contributed by atoms with E-state index in [4.69, 9.17) is 0 Å². The SMILES string of the molecule is C[C@H](NC(=O)C[C@@](C)(O)c1ccccc1)c1ccccc1-n1cccn1. The second-order valence-corrected chi connectivity index (χ2v) is 6.62. The van der Waals surface area contributed by atoms with Crippen LogP contribution in [-0.2, 0) is 10.4 Å². The summed E-state index contributed by atoms with van der Waals surface area (Å²) >= 11 is 0. The van der Waals surface area contributed by atoms with Crippen LogP contribution in [0.3, 0.4) is 0 Å². The molecule has 5 nitrogen and oxygen atoms in total. The molecule has 5 heteroatoms. The van der Waals surface area contributed by atoms with Gasteiger partial charge in [-0.25, -0.2) is 4.68 Å². The Kier molecular flexibility index (Phi) is 5.19. The predicted molar refractivity (Wildman–Crippen MR) is 101 cm³/mol. The Labute approximate surface area is 153 Å². The van der Waals surface area contributed by atoms with Gasteiger partial charge in [0.25, 0.3) is 0 Å². The van der Waals surface area contributed by atoms with Crippen molar-refractivity contribution < 1.29 is 9.90 Å². The van der Waals surface area contributed by atoms with Gasteiger partial charge in [-0.3, -0.25) is 4.79 Å². The highest BCUT2D eigenvalue weighted by atomic mass is 16.3. The zero-order chi connectivity index (χ0) is 18.6. The van der Waals surface area contributed by atoms with Gasteiger partial charge >= 0.3 is 0 Å². The van der Waals surface area contributed by atoms with Crippen molar-refractivity contribution in [3.05, 3.63) is 84.2 Å². The van der Waals surface area contributed by atoms with Crippen molar-refractivity contribution in [1.29, 1.82) is 0 Å². The molecule has 0 fully saturated rings. The van der Waals surface area contributed by atoms with Crippen LogP contribution >= 0.6 is 0 Å². The fourth-order valence-electron chi connectivity index (χ4n) is 3.06. The first kappa shape index (κ1) is 17.9. The van der Waals surface area contributed by atoms with Gasteiger partial charge in [0.05, 0.1) is 23.8 Å². The maximum atomic E-state index is 12.5. The summed E-state index contributed by atoms with van der Waals surface area (Å²) in [5.41, 5.74) is 1.39. The van der Waals surface area contributed by atoms with E-state index in [2.05, 4.69) is 10.4 Å². The van der Waals surface area contributed by atoms with Gasteiger partial charge in [-0.2, -0.15) is 5.10 Å². The Morgan fingerprint density at radius 2 is 1.85 bits per heavy atom. The second kappa shape index (κ2) is 7.54. The molecule has 0 aliphatic rings. The molecule has 0 spiro atoms. The molecule has 1 amide bonds. The van der Waals surface area contributed by atoms with Crippen LogP contribution in [0.2, 0.25) is 0 Å². The van der Waals surface area contributed by atoms with E-state index in [9.17, 15) is 9.90 Å². The lowest BCUT2D eigenvalue weighted by Gasteiger charge is -2.25. The highest BCUT2D eigenvalue weighted by molar-refractivity contribution is 5.78. The summed E-state index contributed by atoms with van der Waals surface area (Å²) in [6.45, 7) is 3.59. The van der Waals surface area contributed by atoms with E-state index in [-0.39, 0.29) is 18.4 Å². The molecule has 134 valence electrons. The molecule has 2 aromatic carbocycles. The van der Waals surface area contributed by atoms with Crippen LogP contribution in [0.25, 0.3) is 5.69 Å². The quantitative estimate of drug-likeness (QED) is 0.717. The molecule has 26 heavy (non-hydrogen) atoms. The maximum Gasteiger partial charge on any atom is 0.223 e. The zero-order valence-electron chi connectivity index (χ0n) is 15.0. The third-order valence-corrected chi connectivity index (χ3v) is 4.43. The molecular weight excluding hydrogens is 326 g/mol. The van der Waals surface area contributed by atoms with Gasteiger partial charge in [-0.15, -0.1) is 0 Å². The molecular formula is C21H23N3O2. The molecule has 0 saturated heterocycles. The molecule has 1 aromatic heterocycles.